The lowest BCUT2D eigenvalue weighted by Crippen LogP contribution is -2.14. The lowest BCUT2D eigenvalue weighted by atomic mass is 10.3. The Morgan fingerprint density at radius 1 is 1.38 bits per heavy atom. The van der Waals surface area contributed by atoms with Crippen molar-refractivity contribution < 1.29 is 13.6 Å². The third-order valence-electron chi connectivity index (χ3n) is 1.25. The zero-order valence-corrected chi connectivity index (χ0v) is 7.93. The molecular formula is C7H6ClNO3S. The van der Waals surface area contributed by atoms with Crippen molar-refractivity contribution >= 4 is 33.6 Å². The molecule has 1 unspecified atom stereocenters. The van der Waals surface area contributed by atoms with Gasteiger partial charge >= 0.3 is 5.24 Å². The molecule has 0 saturated heterocycles. The van der Waals surface area contributed by atoms with Crippen molar-refractivity contribution in [1.82, 2.24) is 0 Å². The van der Waals surface area contributed by atoms with E-state index in [-0.39, 0.29) is 0 Å². The van der Waals surface area contributed by atoms with Crippen LogP contribution >= 0.6 is 11.6 Å². The molecule has 0 aromatic heterocycles. The Bertz CT molecular complexity index is 338. The van der Waals surface area contributed by atoms with Crippen LogP contribution in [0.2, 0.25) is 5.02 Å². The van der Waals surface area contributed by atoms with Crippen LogP contribution in [0.25, 0.3) is 0 Å². The van der Waals surface area contributed by atoms with E-state index in [2.05, 4.69) is 5.32 Å². The second-order valence-electron chi connectivity index (χ2n) is 2.17. The first-order valence-electron chi connectivity index (χ1n) is 3.27. The van der Waals surface area contributed by atoms with E-state index in [1.165, 1.54) is 12.1 Å². The molecule has 4 nitrogen and oxygen atoms in total. The molecule has 0 radical (unpaired) electrons. The minimum atomic E-state index is -2.50. The van der Waals surface area contributed by atoms with Crippen molar-refractivity contribution in [2.45, 2.75) is 0 Å². The molecule has 0 aliphatic carbocycles. The smallest absolute Gasteiger partial charge is 0.313 e. The Hall–Kier alpha value is -0.910. The highest BCUT2D eigenvalue weighted by Gasteiger charge is 2.07. The van der Waals surface area contributed by atoms with Gasteiger partial charge in [0.05, 0.1) is 0 Å². The number of carbonyl (C=O) groups is 1. The maximum atomic E-state index is 10.7. The molecule has 1 amide bonds. The fraction of sp³-hybridized carbons (Fsp3) is 0. The molecule has 1 atom stereocenters. The van der Waals surface area contributed by atoms with Crippen LogP contribution in [0.15, 0.2) is 24.3 Å². The van der Waals surface area contributed by atoms with Gasteiger partial charge in [0, 0.05) is 10.7 Å². The highest BCUT2D eigenvalue weighted by Crippen LogP contribution is 2.13. The van der Waals surface area contributed by atoms with E-state index in [0.29, 0.717) is 10.7 Å². The average molecular weight is 220 g/mol. The number of rotatable bonds is 1. The van der Waals surface area contributed by atoms with Crippen LogP contribution in [0.3, 0.4) is 0 Å². The summed E-state index contributed by atoms with van der Waals surface area (Å²) in [4.78, 5) is 10.7. The molecule has 0 fully saturated rings. The summed E-state index contributed by atoms with van der Waals surface area (Å²) >= 11 is 3.09. The molecule has 1 rings (SSSR count). The summed E-state index contributed by atoms with van der Waals surface area (Å²) < 4.78 is 18.6. The average Bonchev–Trinajstić information content (AvgIpc) is 2.08. The fourth-order valence-corrected chi connectivity index (χ4v) is 1.03. The Balaban J connectivity index is 2.70. The van der Waals surface area contributed by atoms with Crippen LogP contribution < -0.4 is 5.32 Å². The van der Waals surface area contributed by atoms with Gasteiger partial charge in [-0.25, -0.2) is 4.21 Å². The summed E-state index contributed by atoms with van der Waals surface area (Å²) in [5, 5.41) is 1.80. The van der Waals surface area contributed by atoms with Crippen molar-refractivity contribution in [3.63, 3.8) is 0 Å². The summed E-state index contributed by atoms with van der Waals surface area (Å²) in [6.07, 6.45) is 0. The van der Waals surface area contributed by atoms with E-state index in [4.69, 9.17) is 16.2 Å². The highest BCUT2D eigenvalue weighted by atomic mass is 35.5. The molecule has 0 aliphatic heterocycles. The van der Waals surface area contributed by atoms with Crippen LogP contribution in [0.1, 0.15) is 0 Å². The summed E-state index contributed by atoms with van der Waals surface area (Å²) in [5.74, 6) is 0. The number of nitrogens with one attached hydrogen (secondary N) is 1. The Labute approximate surface area is 82.2 Å². The lowest BCUT2D eigenvalue weighted by molar-refractivity contribution is 0.267. The molecule has 0 bridgehead atoms. The minimum absolute atomic E-state index is 0.428. The molecule has 0 heterocycles. The van der Waals surface area contributed by atoms with Crippen LogP contribution in [-0.4, -0.2) is 14.0 Å². The maximum absolute atomic E-state index is 10.7. The number of hydrogen-bond donors (Lipinski definition) is 2. The van der Waals surface area contributed by atoms with Gasteiger partial charge in [-0.2, -0.15) is 0 Å². The number of amides is 1. The van der Waals surface area contributed by atoms with Crippen molar-refractivity contribution in [1.29, 1.82) is 0 Å². The van der Waals surface area contributed by atoms with Crippen LogP contribution in [-0.2, 0) is 11.1 Å². The molecule has 1 aromatic rings. The third-order valence-corrected chi connectivity index (χ3v) is 1.92. The van der Waals surface area contributed by atoms with E-state index in [1.54, 1.807) is 12.1 Å². The quantitative estimate of drug-likeness (QED) is 0.711. The van der Waals surface area contributed by atoms with Gasteiger partial charge in [-0.15, -0.1) is 0 Å². The maximum Gasteiger partial charge on any atom is 0.340 e. The predicted octanol–water partition coefficient (Wildman–Crippen LogP) is 2.09. The largest absolute Gasteiger partial charge is 0.340 e. The van der Waals surface area contributed by atoms with E-state index < -0.39 is 16.3 Å². The zero-order chi connectivity index (χ0) is 9.84. The van der Waals surface area contributed by atoms with Crippen molar-refractivity contribution in [2.75, 3.05) is 5.32 Å². The van der Waals surface area contributed by atoms with E-state index in [9.17, 15) is 9.00 Å². The Morgan fingerprint density at radius 3 is 2.38 bits per heavy atom. The van der Waals surface area contributed by atoms with E-state index in [0.717, 1.165) is 0 Å². The molecule has 13 heavy (non-hydrogen) atoms. The molecule has 0 spiro atoms. The fourth-order valence-electron chi connectivity index (χ4n) is 0.695. The van der Waals surface area contributed by atoms with Crippen LogP contribution in [0, 0.1) is 0 Å². The van der Waals surface area contributed by atoms with Gasteiger partial charge in [-0.1, -0.05) is 11.6 Å². The molecule has 0 aliphatic rings. The van der Waals surface area contributed by atoms with Gasteiger partial charge in [0.15, 0.2) is 0 Å². The van der Waals surface area contributed by atoms with Crippen LogP contribution in [0.4, 0.5) is 10.5 Å². The van der Waals surface area contributed by atoms with Gasteiger partial charge < -0.3 is 5.32 Å². The van der Waals surface area contributed by atoms with Gasteiger partial charge in [0.25, 0.3) is 0 Å². The van der Waals surface area contributed by atoms with Gasteiger partial charge in [0.1, 0.15) is 0 Å². The van der Waals surface area contributed by atoms with Crippen LogP contribution in [0.5, 0.6) is 0 Å². The summed E-state index contributed by atoms with van der Waals surface area (Å²) in [6.45, 7) is 0. The summed E-state index contributed by atoms with van der Waals surface area (Å²) in [7, 11) is 0. The lowest BCUT2D eigenvalue weighted by Gasteiger charge is -2.00. The first kappa shape index (κ1) is 10.2. The zero-order valence-electron chi connectivity index (χ0n) is 6.36. The number of hydrogen-bond acceptors (Lipinski definition) is 2. The second kappa shape index (κ2) is 4.36. The standard InChI is InChI=1S/C7H6ClNO3S/c8-5-1-3-6(4-2-5)9-7(10)13(11)12/h1-4H,(H,9,10)(H,11,12). The van der Waals surface area contributed by atoms with Crippen molar-refractivity contribution in [2.24, 2.45) is 0 Å². The molecule has 2 N–H and O–H groups in total. The normalized spacial score (nSPS) is 12.2. The number of halogens is 1. The SMILES string of the molecule is O=C(Nc1ccc(Cl)cc1)S(=O)O. The molecular weight excluding hydrogens is 214 g/mol. The predicted molar refractivity (Wildman–Crippen MR) is 51.2 cm³/mol. The molecule has 1 aromatic carbocycles. The topological polar surface area (TPSA) is 66.4 Å². The number of anilines is 1. The van der Waals surface area contributed by atoms with E-state index >= 15 is 0 Å². The number of carbonyl (C=O) groups excluding carboxylic acids is 1. The van der Waals surface area contributed by atoms with Gasteiger partial charge in [-0.3, -0.25) is 9.35 Å². The Kier molecular flexibility index (Phi) is 3.41. The summed E-state index contributed by atoms with van der Waals surface area (Å²) in [5.41, 5.74) is 0.428. The van der Waals surface area contributed by atoms with Gasteiger partial charge in [0.2, 0.25) is 11.1 Å². The summed E-state index contributed by atoms with van der Waals surface area (Å²) in [6, 6.07) is 6.20. The first-order chi connectivity index (χ1) is 6.09. The van der Waals surface area contributed by atoms with Crippen molar-refractivity contribution in [3.8, 4) is 0 Å². The molecule has 70 valence electrons. The first-order valence-corrected chi connectivity index (χ1v) is 4.75. The number of benzene rings is 1. The monoisotopic (exact) mass is 219 g/mol. The van der Waals surface area contributed by atoms with Gasteiger partial charge in [-0.05, 0) is 24.3 Å². The molecule has 0 saturated carbocycles. The second-order valence-corrected chi connectivity index (χ2v) is 3.47. The highest BCUT2D eigenvalue weighted by molar-refractivity contribution is 7.95. The van der Waals surface area contributed by atoms with E-state index in [1.807, 2.05) is 0 Å². The Morgan fingerprint density at radius 2 is 1.92 bits per heavy atom. The minimum Gasteiger partial charge on any atom is -0.313 e. The third kappa shape index (κ3) is 3.14. The van der Waals surface area contributed by atoms with Crippen molar-refractivity contribution in [3.05, 3.63) is 29.3 Å². The molecule has 6 heteroatoms.